The molecule has 2 aliphatic heterocycles. The minimum absolute atomic E-state index is 0.00637. The Labute approximate surface area is 128 Å². The molecule has 0 amide bonds. The summed E-state index contributed by atoms with van der Waals surface area (Å²) < 4.78 is 12.6. The molecule has 7 atom stereocenters. The van der Waals surface area contributed by atoms with Gasteiger partial charge in [-0.25, -0.2) is 0 Å². The lowest BCUT2D eigenvalue weighted by Gasteiger charge is -2.55. The van der Waals surface area contributed by atoms with Gasteiger partial charge in [0.05, 0.1) is 23.2 Å². The van der Waals surface area contributed by atoms with Gasteiger partial charge in [0, 0.05) is 22.1 Å². The highest BCUT2D eigenvalue weighted by Gasteiger charge is 2.82. The maximum atomic E-state index is 6.71. The molecule has 2 heterocycles. The van der Waals surface area contributed by atoms with Crippen LogP contribution in [0.15, 0.2) is 0 Å². The summed E-state index contributed by atoms with van der Waals surface area (Å²) in [7, 11) is 0. The Morgan fingerprint density at radius 3 is 2.42 bits per heavy atom. The second kappa shape index (κ2) is 3.37. The molecule has 0 aromatic heterocycles. The molecule has 2 bridgehead atoms. The van der Waals surface area contributed by atoms with Crippen molar-refractivity contribution >= 4 is 27.5 Å². The second-order valence-corrected chi connectivity index (χ2v) is 9.88. The quantitative estimate of drug-likeness (QED) is 0.489. The molecule has 4 fully saturated rings. The Hall–Kier alpha value is 0.690. The first kappa shape index (κ1) is 13.4. The van der Waals surface area contributed by atoms with E-state index in [-0.39, 0.29) is 27.4 Å². The van der Waals surface area contributed by atoms with E-state index in [1.165, 1.54) is 0 Å². The molecule has 3 unspecified atom stereocenters. The van der Waals surface area contributed by atoms with E-state index in [0.717, 1.165) is 19.3 Å². The standard InChI is InChI=1S/C15H22BrClO2/c1-12(2)9-5-10-14(4,19-10)15(12)6-8(16)13(3,17)7-11(15)18-9/h8-11H,5-7H2,1-4H3/t8-,9?,10-,11?,13-,14-,15?/m0/s1. The molecule has 2 saturated carbocycles. The summed E-state index contributed by atoms with van der Waals surface area (Å²) in [5, 5.41) is 0. The van der Waals surface area contributed by atoms with Gasteiger partial charge in [-0.3, -0.25) is 0 Å². The largest absolute Gasteiger partial charge is 0.374 e. The highest BCUT2D eigenvalue weighted by molar-refractivity contribution is 9.09. The summed E-state index contributed by atoms with van der Waals surface area (Å²) in [5.41, 5.74) is 0.266. The Morgan fingerprint density at radius 2 is 1.74 bits per heavy atom. The van der Waals surface area contributed by atoms with Crippen molar-refractivity contribution in [2.75, 3.05) is 0 Å². The average molecular weight is 350 g/mol. The lowest BCUT2D eigenvalue weighted by Crippen LogP contribution is -2.62. The van der Waals surface area contributed by atoms with E-state index in [1.807, 2.05) is 0 Å². The molecule has 0 N–H and O–H groups in total. The van der Waals surface area contributed by atoms with Gasteiger partial charge in [0.2, 0.25) is 0 Å². The molecule has 0 aromatic rings. The number of rotatable bonds is 0. The fourth-order valence-electron chi connectivity index (χ4n) is 5.42. The van der Waals surface area contributed by atoms with E-state index in [9.17, 15) is 0 Å². The lowest BCUT2D eigenvalue weighted by atomic mass is 9.47. The van der Waals surface area contributed by atoms with Crippen molar-refractivity contribution in [3.63, 3.8) is 0 Å². The van der Waals surface area contributed by atoms with Crippen LogP contribution in [-0.2, 0) is 9.47 Å². The summed E-state index contributed by atoms with van der Waals surface area (Å²) >= 11 is 10.6. The third-order valence-corrected chi connectivity index (χ3v) is 8.85. The van der Waals surface area contributed by atoms with Gasteiger partial charge in [0.25, 0.3) is 0 Å². The van der Waals surface area contributed by atoms with E-state index in [4.69, 9.17) is 21.1 Å². The molecule has 19 heavy (non-hydrogen) atoms. The fraction of sp³-hybridized carbons (Fsp3) is 1.00. The first-order valence-corrected chi connectivity index (χ1v) is 8.61. The minimum Gasteiger partial charge on any atom is -0.374 e. The zero-order chi connectivity index (χ0) is 13.8. The van der Waals surface area contributed by atoms with Gasteiger partial charge in [-0.2, -0.15) is 0 Å². The predicted octanol–water partition coefficient (Wildman–Crippen LogP) is 3.88. The monoisotopic (exact) mass is 348 g/mol. The van der Waals surface area contributed by atoms with Crippen LogP contribution in [0, 0.1) is 10.8 Å². The Balaban J connectivity index is 1.85. The van der Waals surface area contributed by atoms with Crippen LogP contribution in [0.5, 0.6) is 0 Å². The number of ether oxygens (including phenoxy) is 2. The molecule has 0 aromatic carbocycles. The van der Waals surface area contributed by atoms with Crippen LogP contribution in [0.1, 0.15) is 47.0 Å². The number of alkyl halides is 2. The molecular weight excluding hydrogens is 328 g/mol. The summed E-state index contributed by atoms with van der Waals surface area (Å²) in [5.74, 6) is 0. The van der Waals surface area contributed by atoms with Gasteiger partial charge in [-0.1, -0.05) is 29.8 Å². The number of hydrogen-bond donors (Lipinski definition) is 0. The Kier molecular flexibility index (Phi) is 2.37. The van der Waals surface area contributed by atoms with Crippen LogP contribution in [0.4, 0.5) is 0 Å². The first-order chi connectivity index (χ1) is 8.65. The van der Waals surface area contributed by atoms with Crippen LogP contribution < -0.4 is 0 Å². The summed E-state index contributed by atoms with van der Waals surface area (Å²) in [6.07, 6.45) is 3.97. The lowest BCUT2D eigenvalue weighted by molar-refractivity contribution is -0.0597. The van der Waals surface area contributed by atoms with Crippen molar-refractivity contribution in [2.45, 2.75) is 80.6 Å². The van der Waals surface area contributed by atoms with Crippen molar-refractivity contribution in [2.24, 2.45) is 10.8 Å². The molecule has 0 radical (unpaired) electrons. The van der Waals surface area contributed by atoms with E-state index in [2.05, 4.69) is 43.6 Å². The van der Waals surface area contributed by atoms with Gasteiger partial charge >= 0.3 is 0 Å². The minimum atomic E-state index is -0.218. The van der Waals surface area contributed by atoms with Gasteiger partial charge in [0.1, 0.15) is 5.60 Å². The highest BCUT2D eigenvalue weighted by atomic mass is 79.9. The number of epoxide rings is 1. The van der Waals surface area contributed by atoms with Gasteiger partial charge in [0.15, 0.2) is 0 Å². The first-order valence-electron chi connectivity index (χ1n) is 7.31. The van der Waals surface area contributed by atoms with Gasteiger partial charge in [-0.15, -0.1) is 11.6 Å². The van der Waals surface area contributed by atoms with E-state index in [1.54, 1.807) is 0 Å². The highest BCUT2D eigenvalue weighted by Crippen LogP contribution is 2.75. The van der Waals surface area contributed by atoms with Crippen LogP contribution in [0.25, 0.3) is 0 Å². The van der Waals surface area contributed by atoms with Crippen LogP contribution >= 0.6 is 27.5 Å². The van der Waals surface area contributed by atoms with Gasteiger partial charge in [-0.05, 0) is 26.7 Å². The summed E-state index contributed by atoms with van der Waals surface area (Å²) in [6.45, 7) is 9.18. The maximum Gasteiger partial charge on any atom is 0.101 e. The van der Waals surface area contributed by atoms with Crippen molar-refractivity contribution in [3.05, 3.63) is 0 Å². The normalized spacial score (nSPS) is 65.4. The molecule has 4 aliphatic rings. The number of halogens is 2. The SMILES string of the molecule is CC1(C)C2C[C@@H]3O[C@]3(C)C13C[C@H](Br)[C@@](C)(Cl)CC3O2. The zero-order valence-electron chi connectivity index (χ0n) is 12.0. The molecule has 108 valence electrons. The molecule has 4 rings (SSSR count). The fourth-order valence-corrected chi connectivity index (χ4v) is 6.34. The van der Waals surface area contributed by atoms with Crippen molar-refractivity contribution < 1.29 is 9.47 Å². The summed E-state index contributed by atoms with van der Waals surface area (Å²) in [4.78, 5) is 0.101. The predicted molar refractivity (Wildman–Crippen MR) is 79.0 cm³/mol. The molecular formula is C15H22BrClO2. The van der Waals surface area contributed by atoms with Crippen LogP contribution in [-0.4, -0.2) is 33.6 Å². The zero-order valence-corrected chi connectivity index (χ0v) is 14.3. The van der Waals surface area contributed by atoms with E-state index in [0.29, 0.717) is 17.0 Å². The molecule has 2 saturated heterocycles. The smallest absolute Gasteiger partial charge is 0.101 e. The summed E-state index contributed by atoms with van der Waals surface area (Å²) in [6, 6.07) is 0. The van der Waals surface area contributed by atoms with Crippen molar-refractivity contribution in [1.29, 1.82) is 0 Å². The van der Waals surface area contributed by atoms with Crippen LogP contribution in [0.3, 0.4) is 0 Å². The number of hydrogen-bond acceptors (Lipinski definition) is 2. The molecule has 4 heteroatoms. The van der Waals surface area contributed by atoms with E-state index < -0.39 is 0 Å². The third kappa shape index (κ3) is 1.28. The average Bonchev–Trinajstić information content (AvgIpc) is 2.88. The maximum absolute atomic E-state index is 6.71. The Morgan fingerprint density at radius 1 is 1.05 bits per heavy atom. The van der Waals surface area contributed by atoms with Crippen LogP contribution in [0.2, 0.25) is 0 Å². The molecule has 2 nitrogen and oxygen atoms in total. The number of fused-ring (bicyclic) bond motifs is 2. The van der Waals surface area contributed by atoms with E-state index >= 15 is 0 Å². The molecule has 2 aliphatic carbocycles. The topological polar surface area (TPSA) is 21.8 Å². The van der Waals surface area contributed by atoms with Gasteiger partial charge < -0.3 is 9.47 Å². The molecule has 1 spiro atoms. The second-order valence-electron chi connectivity index (χ2n) is 7.91. The van der Waals surface area contributed by atoms with Crippen molar-refractivity contribution in [3.8, 4) is 0 Å². The Bertz CT molecular complexity index is 451. The third-order valence-electron chi connectivity index (χ3n) is 6.83. The van der Waals surface area contributed by atoms with Crippen molar-refractivity contribution in [1.82, 2.24) is 0 Å².